The van der Waals surface area contributed by atoms with Crippen molar-refractivity contribution < 1.29 is 19.4 Å². The molecule has 0 aliphatic heterocycles. The van der Waals surface area contributed by atoms with Gasteiger partial charge in [0.1, 0.15) is 5.75 Å². The third-order valence-electron chi connectivity index (χ3n) is 2.43. The van der Waals surface area contributed by atoms with E-state index >= 15 is 0 Å². The second-order valence-corrected chi connectivity index (χ2v) is 3.32. The number of methoxy groups -OCH3 is 2. The summed E-state index contributed by atoms with van der Waals surface area (Å²) in [7, 11) is 2.75. The van der Waals surface area contributed by atoms with Crippen LogP contribution in [0.1, 0.15) is 24.2 Å². The third kappa shape index (κ3) is 2.33. The lowest BCUT2D eigenvalue weighted by Crippen LogP contribution is -2.15. The van der Waals surface area contributed by atoms with Crippen molar-refractivity contribution in [3.63, 3.8) is 0 Å². The molecule has 16 heavy (non-hydrogen) atoms. The van der Waals surface area contributed by atoms with E-state index in [2.05, 4.69) is 4.74 Å². The van der Waals surface area contributed by atoms with Crippen LogP contribution >= 0.6 is 0 Å². The number of hydrogen-bond donors (Lipinski definition) is 1. The van der Waals surface area contributed by atoms with Gasteiger partial charge in [0.25, 0.3) is 0 Å². The number of aliphatic hydroxyl groups is 1. The molecule has 0 heterocycles. The number of esters is 1. The molecule has 0 amide bonds. The molecule has 0 saturated heterocycles. The Bertz CT molecular complexity index is 373. The van der Waals surface area contributed by atoms with Crippen molar-refractivity contribution in [3.05, 3.63) is 29.3 Å². The number of aryl methyl sites for hydroxylation is 1. The van der Waals surface area contributed by atoms with Crippen LogP contribution < -0.4 is 4.74 Å². The first-order valence-corrected chi connectivity index (χ1v) is 5.07. The summed E-state index contributed by atoms with van der Waals surface area (Å²) in [5.74, 6) is -0.144. The summed E-state index contributed by atoms with van der Waals surface area (Å²) in [6, 6.07) is 5.33. The Morgan fingerprint density at radius 2 is 2.12 bits per heavy atom. The van der Waals surface area contributed by atoms with Gasteiger partial charge in [0.15, 0.2) is 6.10 Å². The molecular formula is C12H16O4. The van der Waals surface area contributed by atoms with Gasteiger partial charge in [-0.05, 0) is 12.0 Å². The zero-order valence-electron chi connectivity index (χ0n) is 9.69. The predicted molar refractivity (Wildman–Crippen MR) is 59.3 cm³/mol. The Hall–Kier alpha value is -1.55. The summed E-state index contributed by atoms with van der Waals surface area (Å²) in [4.78, 5) is 11.3. The molecule has 1 rings (SSSR count). The highest BCUT2D eigenvalue weighted by Gasteiger charge is 2.22. The fourth-order valence-electron chi connectivity index (χ4n) is 1.59. The molecule has 0 spiro atoms. The number of benzene rings is 1. The van der Waals surface area contributed by atoms with Gasteiger partial charge in [0.05, 0.1) is 14.2 Å². The van der Waals surface area contributed by atoms with E-state index in [-0.39, 0.29) is 0 Å². The maximum Gasteiger partial charge on any atom is 0.339 e. The molecular weight excluding hydrogens is 208 g/mol. The third-order valence-corrected chi connectivity index (χ3v) is 2.43. The quantitative estimate of drug-likeness (QED) is 0.787. The molecule has 0 saturated carbocycles. The zero-order chi connectivity index (χ0) is 12.1. The predicted octanol–water partition coefficient (Wildman–Crippen LogP) is 1.46. The van der Waals surface area contributed by atoms with Crippen LogP contribution in [0.25, 0.3) is 0 Å². The molecule has 0 aromatic heterocycles. The standard InChI is InChI=1S/C12H16O4/c1-4-8-6-5-7-9(11(8)15-2)10(13)12(14)16-3/h5-7,10,13H,4H2,1-3H3. The van der Waals surface area contributed by atoms with Crippen LogP contribution in [-0.4, -0.2) is 25.3 Å². The number of hydrogen-bond acceptors (Lipinski definition) is 4. The molecule has 1 unspecified atom stereocenters. The summed E-state index contributed by atoms with van der Waals surface area (Å²) in [6.45, 7) is 1.98. The van der Waals surface area contributed by atoms with Crippen molar-refractivity contribution in [2.45, 2.75) is 19.4 Å². The highest BCUT2D eigenvalue weighted by molar-refractivity contribution is 5.77. The largest absolute Gasteiger partial charge is 0.496 e. The Morgan fingerprint density at radius 3 is 2.62 bits per heavy atom. The summed E-state index contributed by atoms with van der Waals surface area (Å²) >= 11 is 0. The SMILES string of the molecule is CCc1cccc(C(O)C(=O)OC)c1OC. The number of para-hydroxylation sites is 1. The van der Waals surface area contributed by atoms with E-state index in [0.29, 0.717) is 11.3 Å². The molecule has 4 heteroatoms. The second kappa shape index (κ2) is 5.51. The van der Waals surface area contributed by atoms with Crippen molar-refractivity contribution in [1.82, 2.24) is 0 Å². The van der Waals surface area contributed by atoms with Crippen LogP contribution in [0.15, 0.2) is 18.2 Å². The number of aliphatic hydroxyl groups excluding tert-OH is 1. The Balaban J connectivity index is 3.17. The minimum Gasteiger partial charge on any atom is -0.496 e. The normalized spacial score (nSPS) is 12.0. The van der Waals surface area contributed by atoms with E-state index in [0.717, 1.165) is 12.0 Å². The van der Waals surface area contributed by atoms with E-state index in [1.165, 1.54) is 14.2 Å². The van der Waals surface area contributed by atoms with E-state index in [9.17, 15) is 9.90 Å². The van der Waals surface area contributed by atoms with Crippen molar-refractivity contribution in [2.24, 2.45) is 0 Å². The van der Waals surface area contributed by atoms with Crippen LogP contribution in [0.3, 0.4) is 0 Å². The first-order chi connectivity index (χ1) is 7.65. The molecule has 88 valence electrons. The molecule has 0 fully saturated rings. The van der Waals surface area contributed by atoms with Crippen molar-refractivity contribution >= 4 is 5.97 Å². The smallest absolute Gasteiger partial charge is 0.339 e. The van der Waals surface area contributed by atoms with E-state index in [4.69, 9.17) is 4.74 Å². The van der Waals surface area contributed by atoms with Gasteiger partial charge < -0.3 is 14.6 Å². The molecule has 1 atom stereocenters. The van der Waals surface area contributed by atoms with Crippen LogP contribution in [0, 0.1) is 0 Å². The average molecular weight is 224 g/mol. The lowest BCUT2D eigenvalue weighted by atomic mass is 10.0. The van der Waals surface area contributed by atoms with Crippen LogP contribution in [0.2, 0.25) is 0 Å². The number of carbonyl (C=O) groups excluding carboxylic acids is 1. The topological polar surface area (TPSA) is 55.8 Å². The highest BCUT2D eigenvalue weighted by atomic mass is 16.5. The van der Waals surface area contributed by atoms with Gasteiger partial charge in [-0.2, -0.15) is 0 Å². The molecule has 1 N–H and O–H groups in total. The Morgan fingerprint density at radius 1 is 1.44 bits per heavy atom. The van der Waals surface area contributed by atoms with Crippen LogP contribution in [0.5, 0.6) is 5.75 Å². The minimum atomic E-state index is -1.30. The van der Waals surface area contributed by atoms with Gasteiger partial charge in [-0.25, -0.2) is 4.79 Å². The van der Waals surface area contributed by atoms with Crippen LogP contribution in [0.4, 0.5) is 0 Å². The Labute approximate surface area is 94.8 Å². The Kier molecular flexibility index (Phi) is 4.31. The zero-order valence-corrected chi connectivity index (χ0v) is 9.69. The van der Waals surface area contributed by atoms with Gasteiger partial charge in [-0.3, -0.25) is 0 Å². The highest BCUT2D eigenvalue weighted by Crippen LogP contribution is 2.29. The lowest BCUT2D eigenvalue weighted by Gasteiger charge is -2.15. The number of carbonyl (C=O) groups is 1. The fraction of sp³-hybridized carbons (Fsp3) is 0.417. The minimum absolute atomic E-state index is 0.439. The first-order valence-electron chi connectivity index (χ1n) is 5.07. The van der Waals surface area contributed by atoms with Gasteiger partial charge in [0, 0.05) is 5.56 Å². The molecule has 0 radical (unpaired) electrons. The maximum absolute atomic E-state index is 11.3. The van der Waals surface area contributed by atoms with Gasteiger partial charge >= 0.3 is 5.97 Å². The first kappa shape index (κ1) is 12.5. The fourth-order valence-corrected chi connectivity index (χ4v) is 1.59. The monoisotopic (exact) mass is 224 g/mol. The summed E-state index contributed by atoms with van der Waals surface area (Å²) < 4.78 is 9.71. The molecule has 0 aliphatic rings. The van der Waals surface area contributed by atoms with Crippen molar-refractivity contribution in [2.75, 3.05) is 14.2 Å². The molecule has 0 aliphatic carbocycles. The van der Waals surface area contributed by atoms with Crippen molar-refractivity contribution in [3.8, 4) is 5.75 Å². The molecule has 4 nitrogen and oxygen atoms in total. The van der Waals surface area contributed by atoms with Gasteiger partial charge in [-0.1, -0.05) is 25.1 Å². The van der Waals surface area contributed by atoms with E-state index in [1.807, 2.05) is 13.0 Å². The maximum atomic E-state index is 11.3. The molecule has 1 aromatic rings. The summed E-state index contributed by atoms with van der Waals surface area (Å²) in [6.07, 6.45) is -0.531. The summed E-state index contributed by atoms with van der Waals surface area (Å²) in [5.41, 5.74) is 1.39. The summed E-state index contributed by atoms with van der Waals surface area (Å²) in [5, 5.41) is 9.77. The van der Waals surface area contributed by atoms with E-state index in [1.54, 1.807) is 12.1 Å². The second-order valence-electron chi connectivity index (χ2n) is 3.32. The lowest BCUT2D eigenvalue weighted by molar-refractivity contribution is -0.150. The number of rotatable bonds is 4. The van der Waals surface area contributed by atoms with Gasteiger partial charge in [0.2, 0.25) is 0 Å². The molecule has 0 bridgehead atoms. The van der Waals surface area contributed by atoms with E-state index < -0.39 is 12.1 Å². The average Bonchev–Trinajstić information content (AvgIpc) is 2.35. The number of ether oxygens (including phenoxy) is 2. The molecule has 1 aromatic carbocycles. The van der Waals surface area contributed by atoms with Crippen molar-refractivity contribution in [1.29, 1.82) is 0 Å². The van der Waals surface area contributed by atoms with Gasteiger partial charge in [-0.15, -0.1) is 0 Å². The van der Waals surface area contributed by atoms with Crippen LogP contribution in [-0.2, 0) is 16.0 Å².